The predicted octanol–water partition coefficient (Wildman–Crippen LogP) is 1.38. The molecule has 1 rings (SSSR count). The summed E-state index contributed by atoms with van der Waals surface area (Å²) in [5.74, 6) is -0.905. The fraction of sp³-hybridized carbons (Fsp3) is 0.500. The minimum absolute atomic E-state index is 0.133. The average Bonchev–Trinajstić information content (AvgIpc) is 2.43. The number of carbonyl (C=O) groups is 2. The number of nitrogens with one attached hydrogen (secondary N) is 1. The lowest BCUT2D eigenvalue weighted by Crippen LogP contribution is -2.45. The Morgan fingerprint density at radius 3 is 2.60 bits per heavy atom. The van der Waals surface area contributed by atoms with Gasteiger partial charge in [-0.1, -0.05) is 20.3 Å². The van der Waals surface area contributed by atoms with Crippen molar-refractivity contribution in [2.24, 2.45) is 5.92 Å². The van der Waals surface area contributed by atoms with Crippen LogP contribution in [0.1, 0.15) is 30.6 Å². The minimum atomic E-state index is -1.02. The molecule has 0 aromatic carbocycles. The first kappa shape index (κ1) is 15.9. The molecule has 0 spiro atoms. The molecule has 0 radical (unpaired) electrons. The number of hydrogen-bond donors (Lipinski definition) is 2. The maximum Gasteiger partial charge on any atom is 0.326 e. The van der Waals surface area contributed by atoms with Crippen LogP contribution in [0.3, 0.4) is 0 Å². The van der Waals surface area contributed by atoms with Crippen molar-refractivity contribution in [2.45, 2.75) is 26.3 Å². The molecule has 2 N–H and O–H groups in total. The van der Waals surface area contributed by atoms with Gasteiger partial charge in [0, 0.05) is 25.9 Å². The highest BCUT2D eigenvalue weighted by Gasteiger charge is 2.25. The van der Waals surface area contributed by atoms with E-state index < -0.39 is 17.9 Å². The molecule has 0 fully saturated rings. The summed E-state index contributed by atoms with van der Waals surface area (Å²) < 4.78 is 0. The Morgan fingerprint density at radius 1 is 1.45 bits per heavy atom. The van der Waals surface area contributed by atoms with Crippen molar-refractivity contribution in [1.82, 2.24) is 10.3 Å². The second-order valence-electron chi connectivity index (χ2n) is 4.97. The third kappa shape index (κ3) is 3.94. The van der Waals surface area contributed by atoms with Crippen molar-refractivity contribution in [3.8, 4) is 0 Å². The molecular weight excluding hydrogens is 258 g/mol. The smallest absolute Gasteiger partial charge is 0.326 e. The zero-order valence-electron chi connectivity index (χ0n) is 12.3. The van der Waals surface area contributed by atoms with Gasteiger partial charge in [0.05, 0.1) is 0 Å². The minimum Gasteiger partial charge on any atom is -0.480 e. The van der Waals surface area contributed by atoms with E-state index in [1.54, 1.807) is 24.0 Å². The quantitative estimate of drug-likeness (QED) is 0.822. The van der Waals surface area contributed by atoms with E-state index in [-0.39, 0.29) is 5.92 Å². The summed E-state index contributed by atoms with van der Waals surface area (Å²) in [6, 6.07) is 2.31. The molecule has 0 aliphatic rings. The molecule has 2 atom stereocenters. The number of amides is 1. The largest absolute Gasteiger partial charge is 0.480 e. The molecule has 0 aliphatic heterocycles. The van der Waals surface area contributed by atoms with Crippen molar-refractivity contribution in [3.63, 3.8) is 0 Å². The van der Waals surface area contributed by atoms with E-state index in [0.717, 1.165) is 0 Å². The molecule has 1 aromatic heterocycles. The monoisotopic (exact) mass is 279 g/mol. The molecule has 6 nitrogen and oxygen atoms in total. The Balaban J connectivity index is 2.89. The zero-order valence-corrected chi connectivity index (χ0v) is 12.3. The molecule has 1 heterocycles. The Kier molecular flexibility index (Phi) is 5.49. The summed E-state index contributed by atoms with van der Waals surface area (Å²) >= 11 is 0. The molecule has 0 saturated heterocycles. The van der Waals surface area contributed by atoms with E-state index in [9.17, 15) is 14.7 Å². The summed E-state index contributed by atoms with van der Waals surface area (Å²) in [7, 11) is 3.65. The lowest BCUT2D eigenvalue weighted by Gasteiger charge is -2.20. The van der Waals surface area contributed by atoms with Crippen LogP contribution in [0.15, 0.2) is 18.3 Å². The van der Waals surface area contributed by atoms with Gasteiger partial charge in [-0.2, -0.15) is 0 Å². The average molecular weight is 279 g/mol. The summed E-state index contributed by atoms with van der Waals surface area (Å²) in [5.41, 5.74) is 0.401. The van der Waals surface area contributed by atoms with Crippen molar-refractivity contribution >= 4 is 17.7 Å². The van der Waals surface area contributed by atoms with Crippen molar-refractivity contribution in [1.29, 1.82) is 0 Å². The van der Waals surface area contributed by atoms with Crippen LogP contribution in [-0.4, -0.2) is 42.1 Å². The number of aliphatic carboxylic acids is 1. The van der Waals surface area contributed by atoms with Crippen molar-refractivity contribution < 1.29 is 14.7 Å². The Morgan fingerprint density at radius 2 is 2.10 bits per heavy atom. The van der Waals surface area contributed by atoms with Crippen molar-refractivity contribution in [2.75, 3.05) is 19.0 Å². The number of rotatable bonds is 6. The fourth-order valence-electron chi connectivity index (χ4n) is 1.71. The highest BCUT2D eigenvalue weighted by atomic mass is 16.4. The number of pyridine rings is 1. The normalized spacial score (nSPS) is 13.4. The first-order valence-electron chi connectivity index (χ1n) is 6.53. The third-order valence-corrected chi connectivity index (χ3v) is 3.23. The Bertz CT molecular complexity index is 488. The van der Waals surface area contributed by atoms with E-state index in [1.165, 1.54) is 6.20 Å². The second-order valence-corrected chi connectivity index (χ2v) is 4.97. The molecule has 0 saturated carbocycles. The lowest BCUT2D eigenvalue weighted by atomic mass is 9.99. The van der Waals surface area contributed by atoms with Crippen LogP contribution in [0.2, 0.25) is 0 Å². The van der Waals surface area contributed by atoms with E-state index in [2.05, 4.69) is 10.3 Å². The standard InChI is InChI=1S/C14H21N3O3/c1-5-9(2)12(14(19)20)16-13(18)10-6-7-15-11(8-10)17(3)4/h6-9,12H,5H2,1-4H3,(H,16,18)(H,19,20). The van der Waals surface area contributed by atoms with Crippen LogP contribution < -0.4 is 10.2 Å². The summed E-state index contributed by atoms with van der Waals surface area (Å²) in [6.07, 6.45) is 2.21. The summed E-state index contributed by atoms with van der Waals surface area (Å²) in [4.78, 5) is 29.2. The lowest BCUT2D eigenvalue weighted by molar-refractivity contribution is -0.140. The van der Waals surface area contributed by atoms with Gasteiger partial charge < -0.3 is 15.3 Å². The number of carbonyl (C=O) groups excluding carboxylic acids is 1. The van der Waals surface area contributed by atoms with Gasteiger partial charge in [-0.15, -0.1) is 0 Å². The van der Waals surface area contributed by atoms with Crippen LogP contribution >= 0.6 is 0 Å². The molecular formula is C14H21N3O3. The van der Waals surface area contributed by atoms with E-state index in [4.69, 9.17) is 0 Å². The van der Waals surface area contributed by atoms with Gasteiger partial charge in [0.15, 0.2) is 0 Å². The van der Waals surface area contributed by atoms with Gasteiger partial charge in [0.2, 0.25) is 0 Å². The van der Waals surface area contributed by atoms with Gasteiger partial charge in [0.1, 0.15) is 11.9 Å². The zero-order chi connectivity index (χ0) is 15.3. The van der Waals surface area contributed by atoms with Gasteiger partial charge in [0.25, 0.3) is 5.91 Å². The van der Waals surface area contributed by atoms with Gasteiger partial charge in [-0.25, -0.2) is 9.78 Å². The van der Waals surface area contributed by atoms with Crippen LogP contribution in [0.4, 0.5) is 5.82 Å². The number of carboxylic acids is 1. The number of anilines is 1. The molecule has 1 aromatic rings. The molecule has 6 heteroatoms. The molecule has 2 unspecified atom stereocenters. The SMILES string of the molecule is CCC(C)C(NC(=O)c1ccnc(N(C)C)c1)C(=O)O. The van der Waals surface area contributed by atoms with Crippen LogP contribution in [-0.2, 0) is 4.79 Å². The third-order valence-electron chi connectivity index (χ3n) is 3.23. The van der Waals surface area contributed by atoms with Gasteiger partial charge in [-0.05, 0) is 18.1 Å². The maximum atomic E-state index is 12.1. The van der Waals surface area contributed by atoms with Crippen LogP contribution in [0.25, 0.3) is 0 Å². The number of aromatic nitrogens is 1. The van der Waals surface area contributed by atoms with E-state index >= 15 is 0 Å². The first-order valence-corrected chi connectivity index (χ1v) is 6.53. The summed E-state index contributed by atoms with van der Waals surface area (Å²) in [5, 5.41) is 11.7. The fourth-order valence-corrected chi connectivity index (χ4v) is 1.71. The van der Waals surface area contributed by atoms with Gasteiger partial charge in [-0.3, -0.25) is 4.79 Å². The first-order chi connectivity index (χ1) is 9.36. The predicted molar refractivity (Wildman–Crippen MR) is 76.9 cm³/mol. The maximum absolute atomic E-state index is 12.1. The topological polar surface area (TPSA) is 82.5 Å². The van der Waals surface area contributed by atoms with E-state index in [0.29, 0.717) is 17.8 Å². The number of nitrogens with zero attached hydrogens (tertiary/aromatic N) is 2. The van der Waals surface area contributed by atoms with Crippen LogP contribution in [0, 0.1) is 5.92 Å². The van der Waals surface area contributed by atoms with E-state index in [1.807, 2.05) is 21.0 Å². The second kappa shape index (κ2) is 6.88. The Labute approximate surface area is 118 Å². The highest BCUT2D eigenvalue weighted by Crippen LogP contribution is 2.12. The van der Waals surface area contributed by atoms with Crippen molar-refractivity contribution in [3.05, 3.63) is 23.9 Å². The van der Waals surface area contributed by atoms with Crippen LogP contribution in [0.5, 0.6) is 0 Å². The molecule has 20 heavy (non-hydrogen) atoms. The molecule has 1 amide bonds. The Hall–Kier alpha value is -2.11. The molecule has 0 aliphatic carbocycles. The number of carboxylic acid groups (broad SMARTS) is 1. The molecule has 110 valence electrons. The number of hydrogen-bond acceptors (Lipinski definition) is 4. The molecule has 0 bridgehead atoms. The summed E-state index contributed by atoms with van der Waals surface area (Å²) in [6.45, 7) is 3.69. The highest BCUT2D eigenvalue weighted by molar-refractivity contribution is 5.97. The van der Waals surface area contributed by atoms with Gasteiger partial charge >= 0.3 is 5.97 Å².